The first-order valence-electron chi connectivity index (χ1n) is 10.2. The van der Waals surface area contributed by atoms with Crippen LogP contribution in [0, 0.1) is 6.92 Å². The van der Waals surface area contributed by atoms with Crippen LogP contribution in [0.4, 0.5) is 0 Å². The first-order valence-corrected chi connectivity index (χ1v) is 11.0. The fraction of sp³-hybridized carbons (Fsp3) is 0.500. The van der Waals surface area contributed by atoms with E-state index in [1.165, 1.54) is 15.3 Å². The summed E-state index contributed by atoms with van der Waals surface area (Å²) < 4.78 is 10.9. The molecule has 2 aromatic rings. The van der Waals surface area contributed by atoms with Gasteiger partial charge in [-0.15, -0.1) is 35.3 Å². The van der Waals surface area contributed by atoms with E-state index in [0.717, 1.165) is 51.1 Å². The topological polar surface area (TPSA) is 58.1 Å². The van der Waals surface area contributed by atoms with Gasteiger partial charge in [-0.25, -0.2) is 4.99 Å². The summed E-state index contributed by atoms with van der Waals surface area (Å²) >= 11 is 1.80. The monoisotopic (exact) mass is 544 g/mol. The summed E-state index contributed by atoms with van der Waals surface area (Å²) in [6, 6.07) is 12.9. The maximum Gasteiger partial charge on any atom is 0.191 e. The lowest BCUT2D eigenvalue weighted by Crippen LogP contribution is -2.46. The highest BCUT2D eigenvalue weighted by molar-refractivity contribution is 14.0. The summed E-state index contributed by atoms with van der Waals surface area (Å²) in [6.45, 7) is 9.94. The van der Waals surface area contributed by atoms with Gasteiger partial charge >= 0.3 is 0 Å². The number of hydrogen-bond donors (Lipinski definition) is 2. The fourth-order valence-electron chi connectivity index (χ4n) is 3.44. The summed E-state index contributed by atoms with van der Waals surface area (Å²) in [6.07, 6.45) is 0. The number of halogens is 1. The number of methoxy groups -OCH3 is 1. The third-order valence-electron chi connectivity index (χ3n) is 4.98. The van der Waals surface area contributed by atoms with Crippen molar-refractivity contribution in [2.24, 2.45) is 4.99 Å². The van der Waals surface area contributed by atoms with Gasteiger partial charge in [-0.1, -0.05) is 12.1 Å². The van der Waals surface area contributed by atoms with Gasteiger partial charge in [0.25, 0.3) is 0 Å². The molecule has 3 rings (SSSR count). The number of benzene rings is 1. The number of guanidine groups is 1. The van der Waals surface area contributed by atoms with Gasteiger partial charge in [0.2, 0.25) is 0 Å². The number of morpholine rings is 1. The zero-order valence-electron chi connectivity index (χ0n) is 18.0. The quantitative estimate of drug-likeness (QED) is 0.301. The van der Waals surface area contributed by atoms with Gasteiger partial charge in [0.1, 0.15) is 5.75 Å². The molecule has 0 spiro atoms. The highest BCUT2D eigenvalue weighted by Gasteiger charge is 2.23. The first-order chi connectivity index (χ1) is 14.2. The zero-order chi connectivity index (χ0) is 20.5. The van der Waals surface area contributed by atoms with Gasteiger partial charge in [-0.3, -0.25) is 4.90 Å². The molecule has 2 heterocycles. The number of nitrogens with one attached hydrogen (secondary N) is 2. The van der Waals surface area contributed by atoms with E-state index in [2.05, 4.69) is 53.6 Å². The van der Waals surface area contributed by atoms with E-state index in [-0.39, 0.29) is 30.0 Å². The molecule has 1 unspecified atom stereocenters. The average molecular weight is 545 g/mol. The molecule has 30 heavy (non-hydrogen) atoms. The van der Waals surface area contributed by atoms with Gasteiger partial charge in [0.05, 0.1) is 32.9 Å². The predicted molar refractivity (Wildman–Crippen MR) is 135 cm³/mol. The van der Waals surface area contributed by atoms with Gasteiger partial charge in [-0.2, -0.15) is 0 Å². The Balaban J connectivity index is 0.00000320. The highest BCUT2D eigenvalue weighted by atomic mass is 127. The Kier molecular flexibility index (Phi) is 10.9. The van der Waals surface area contributed by atoms with Crippen LogP contribution in [0.2, 0.25) is 0 Å². The maximum absolute atomic E-state index is 5.56. The molecule has 0 radical (unpaired) electrons. The van der Waals surface area contributed by atoms with E-state index in [0.29, 0.717) is 6.54 Å². The van der Waals surface area contributed by atoms with Crippen LogP contribution < -0.4 is 15.4 Å². The third-order valence-corrected chi connectivity index (χ3v) is 5.97. The van der Waals surface area contributed by atoms with Crippen molar-refractivity contribution in [1.82, 2.24) is 15.5 Å². The minimum absolute atomic E-state index is 0. The Morgan fingerprint density at radius 3 is 2.50 bits per heavy atom. The summed E-state index contributed by atoms with van der Waals surface area (Å²) in [5.74, 6) is 1.73. The number of nitrogens with zero attached hydrogens (tertiary/aromatic N) is 2. The van der Waals surface area contributed by atoms with E-state index in [9.17, 15) is 0 Å². The van der Waals surface area contributed by atoms with Crippen LogP contribution in [0.15, 0.2) is 41.4 Å². The second kappa shape index (κ2) is 13.1. The molecule has 0 aliphatic carbocycles. The average Bonchev–Trinajstić information content (AvgIpc) is 3.18. The van der Waals surface area contributed by atoms with Crippen molar-refractivity contribution in [1.29, 1.82) is 0 Å². The molecule has 1 atom stereocenters. The molecule has 1 aliphatic rings. The van der Waals surface area contributed by atoms with Crippen LogP contribution in [-0.4, -0.2) is 57.4 Å². The lowest BCUT2D eigenvalue weighted by molar-refractivity contribution is 0.0170. The molecule has 6 nitrogen and oxygen atoms in total. The molecule has 0 bridgehead atoms. The summed E-state index contributed by atoms with van der Waals surface area (Å²) in [7, 11) is 1.70. The number of rotatable bonds is 8. The van der Waals surface area contributed by atoms with E-state index in [4.69, 9.17) is 14.5 Å². The minimum Gasteiger partial charge on any atom is -0.497 e. The van der Waals surface area contributed by atoms with Crippen molar-refractivity contribution in [3.05, 3.63) is 51.7 Å². The molecule has 2 N–H and O–H groups in total. The Bertz CT molecular complexity index is 776. The SMILES string of the molecule is CCNC(=NCc1ccc(C)s1)NCC(c1ccc(OC)cc1)N1CCOCC1.I. The van der Waals surface area contributed by atoms with Crippen LogP contribution >= 0.6 is 35.3 Å². The first kappa shape index (κ1) is 24.9. The van der Waals surface area contributed by atoms with E-state index >= 15 is 0 Å². The van der Waals surface area contributed by atoms with Gasteiger partial charge in [-0.05, 0) is 43.7 Å². The number of ether oxygens (including phenoxy) is 2. The molecule has 1 aromatic carbocycles. The Labute approximate surface area is 201 Å². The van der Waals surface area contributed by atoms with Crippen molar-refractivity contribution >= 4 is 41.3 Å². The summed E-state index contributed by atoms with van der Waals surface area (Å²) in [5.41, 5.74) is 1.27. The second-order valence-electron chi connectivity index (χ2n) is 7.03. The zero-order valence-corrected chi connectivity index (χ0v) is 21.2. The number of aliphatic imine (C=N–C) groups is 1. The standard InChI is InChI=1S/C22H32N4O2S.HI/c1-4-23-22(24-15-20-10-5-17(2)29-20)25-16-21(26-11-13-28-14-12-26)18-6-8-19(27-3)9-7-18;/h5-10,21H,4,11-16H2,1-3H3,(H2,23,24,25);1H. The number of thiophene rings is 1. The van der Waals surface area contributed by atoms with E-state index in [1.807, 2.05) is 12.1 Å². The third kappa shape index (κ3) is 7.40. The Morgan fingerprint density at radius 1 is 1.17 bits per heavy atom. The maximum atomic E-state index is 5.56. The summed E-state index contributed by atoms with van der Waals surface area (Å²) in [5, 5.41) is 6.92. The molecule has 0 saturated carbocycles. The van der Waals surface area contributed by atoms with Gasteiger partial charge < -0.3 is 20.1 Å². The molecular weight excluding hydrogens is 511 g/mol. The molecule has 1 saturated heterocycles. The highest BCUT2D eigenvalue weighted by Crippen LogP contribution is 2.23. The summed E-state index contributed by atoms with van der Waals surface area (Å²) in [4.78, 5) is 9.85. The normalized spacial score (nSPS) is 15.9. The lowest BCUT2D eigenvalue weighted by atomic mass is 10.0. The molecule has 1 aliphatic heterocycles. The number of hydrogen-bond acceptors (Lipinski definition) is 5. The van der Waals surface area contributed by atoms with Crippen molar-refractivity contribution in [2.45, 2.75) is 26.4 Å². The van der Waals surface area contributed by atoms with Crippen molar-refractivity contribution < 1.29 is 9.47 Å². The van der Waals surface area contributed by atoms with E-state index < -0.39 is 0 Å². The molecule has 1 aromatic heterocycles. The molecular formula is C22H33IN4O2S. The van der Waals surface area contributed by atoms with E-state index in [1.54, 1.807) is 18.4 Å². The largest absolute Gasteiger partial charge is 0.497 e. The lowest BCUT2D eigenvalue weighted by Gasteiger charge is -2.35. The molecule has 1 fully saturated rings. The molecule has 0 amide bonds. The Hall–Kier alpha value is -1.36. The molecule has 8 heteroatoms. The van der Waals surface area contributed by atoms with Gasteiger partial charge in [0.15, 0.2) is 5.96 Å². The van der Waals surface area contributed by atoms with Crippen LogP contribution in [0.3, 0.4) is 0 Å². The fourth-order valence-corrected chi connectivity index (χ4v) is 4.25. The second-order valence-corrected chi connectivity index (χ2v) is 8.40. The molecule has 166 valence electrons. The van der Waals surface area contributed by atoms with Crippen molar-refractivity contribution in [2.75, 3.05) is 46.5 Å². The van der Waals surface area contributed by atoms with Crippen LogP contribution in [0.5, 0.6) is 5.75 Å². The predicted octanol–water partition coefficient (Wildman–Crippen LogP) is 3.81. The van der Waals surface area contributed by atoms with Crippen molar-refractivity contribution in [3.63, 3.8) is 0 Å². The van der Waals surface area contributed by atoms with Crippen LogP contribution in [0.25, 0.3) is 0 Å². The smallest absolute Gasteiger partial charge is 0.191 e. The minimum atomic E-state index is 0. The Morgan fingerprint density at radius 2 is 1.90 bits per heavy atom. The number of aryl methyl sites for hydroxylation is 1. The van der Waals surface area contributed by atoms with Crippen LogP contribution in [0.1, 0.15) is 28.3 Å². The van der Waals surface area contributed by atoms with Crippen molar-refractivity contribution in [3.8, 4) is 5.75 Å². The van der Waals surface area contributed by atoms with Crippen LogP contribution in [-0.2, 0) is 11.3 Å². The van der Waals surface area contributed by atoms with Gasteiger partial charge in [0, 0.05) is 35.9 Å².